The minimum Gasteiger partial charge on any atom is -0.493 e. The molecule has 0 spiro atoms. The van der Waals surface area contributed by atoms with E-state index in [1.54, 1.807) is 0 Å². The number of carbonyl (C=O) groups is 1. The normalized spacial score (nSPS) is 10.2. The monoisotopic (exact) mass is 671 g/mol. The number of rotatable bonds is 13. The maximum absolute atomic E-state index is 13.3. The van der Waals surface area contributed by atoms with Crippen LogP contribution in [-0.4, -0.2) is 30.4 Å². The summed E-state index contributed by atoms with van der Waals surface area (Å²) in [5, 5.41) is 0. The van der Waals surface area contributed by atoms with Crippen LogP contribution in [0, 0.1) is 12.8 Å². The van der Waals surface area contributed by atoms with E-state index in [1.165, 1.54) is 25.5 Å². The van der Waals surface area contributed by atoms with Gasteiger partial charge in [-0.05, 0) is 73.7 Å². The van der Waals surface area contributed by atoms with Gasteiger partial charge in [0, 0.05) is 28.3 Å². The number of hydrogen-bond acceptors (Lipinski definition) is 4. The van der Waals surface area contributed by atoms with E-state index in [-0.39, 0.29) is 12.1 Å². The van der Waals surface area contributed by atoms with Gasteiger partial charge in [-0.15, -0.1) is 19.4 Å². The van der Waals surface area contributed by atoms with Gasteiger partial charge in [0.2, 0.25) is 0 Å². The molecule has 4 aromatic rings. The fraction of sp³-hybridized carbons (Fsp3) is 0.308. The Labute approximate surface area is 278 Å². The van der Waals surface area contributed by atoms with Gasteiger partial charge in [0.05, 0.1) is 19.8 Å². The fourth-order valence-electron chi connectivity index (χ4n) is 4.46. The summed E-state index contributed by atoms with van der Waals surface area (Å²) in [5.74, 6) is 1.19. The minimum absolute atomic E-state index is 0.0861. The van der Waals surface area contributed by atoms with Gasteiger partial charge in [-0.25, -0.2) is 4.79 Å². The second kappa shape index (κ2) is 19.9. The lowest BCUT2D eigenvalue weighted by Crippen LogP contribution is -2.12. The first-order valence-electron chi connectivity index (χ1n) is 15.3. The highest BCUT2D eigenvalue weighted by Crippen LogP contribution is 2.39. The van der Waals surface area contributed by atoms with Crippen LogP contribution < -0.4 is 9.47 Å². The molecule has 1 aromatic heterocycles. The molecule has 0 bridgehead atoms. The molecular weight excluding hydrogens is 626 g/mol. The molecular formula is C39H46BrNO4. The van der Waals surface area contributed by atoms with Crippen molar-refractivity contribution in [3.8, 4) is 46.6 Å². The summed E-state index contributed by atoms with van der Waals surface area (Å²) in [6.45, 7) is 13.3. The lowest BCUT2D eigenvalue weighted by Gasteiger charge is -2.12. The Hall–Kier alpha value is -4.21. The number of nitrogens with zero attached hydrogens (tertiary/aromatic N) is 1. The summed E-state index contributed by atoms with van der Waals surface area (Å²) in [7, 11) is 1.42. The highest BCUT2D eigenvalue weighted by atomic mass is 79.9. The van der Waals surface area contributed by atoms with Crippen molar-refractivity contribution in [3.63, 3.8) is 0 Å². The molecule has 0 N–H and O–H groups in total. The van der Waals surface area contributed by atoms with Crippen molar-refractivity contribution < 1.29 is 19.0 Å². The number of carbonyl (C=O) groups excluding carboxylic acids is 1. The van der Waals surface area contributed by atoms with Crippen molar-refractivity contribution in [3.05, 3.63) is 107 Å². The van der Waals surface area contributed by atoms with Gasteiger partial charge in [0.1, 0.15) is 17.2 Å². The third-order valence-corrected chi connectivity index (χ3v) is 7.58. The number of hydrogen-bond donors (Lipinski definition) is 0. The molecule has 0 atom stereocenters. The summed E-state index contributed by atoms with van der Waals surface area (Å²) >= 11 is 3.65. The molecule has 4 rings (SSSR count). The number of terminal acetylenes is 1. The van der Waals surface area contributed by atoms with Gasteiger partial charge in [-0.1, -0.05) is 91.2 Å². The van der Waals surface area contributed by atoms with Crippen LogP contribution >= 0.6 is 15.9 Å². The van der Waals surface area contributed by atoms with Gasteiger partial charge in [0.15, 0.2) is 0 Å². The Kier molecular flexibility index (Phi) is 16.4. The molecule has 6 heteroatoms. The Morgan fingerprint density at radius 2 is 1.53 bits per heavy atom. The highest BCUT2D eigenvalue weighted by molar-refractivity contribution is 9.10. The van der Waals surface area contributed by atoms with Crippen molar-refractivity contribution in [2.45, 2.75) is 66.0 Å². The zero-order valence-electron chi connectivity index (χ0n) is 27.2. The number of unbranched alkanes of at least 4 members (excludes halogenated alkanes) is 1. The molecule has 0 saturated heterocycles. The zero-order chi connectivity index (χ0) is 33.2. The van der Waals surface area contributed by atoms with Crippen LogP contribution in [0.2, 0.25) is 0 Å². The van der Waals surface area contributed by atoms with E-state index >= 15 is 0 Å². The molecule has 5 nitrogen and oxygen atoms in total. The molecule has 1 heterocycles. The molecule has 0 amide bonds. The molecule has 45 heavy (non-hydrogen) atoms. The number of ether oxygens (including phenoxy) is 3. The van der Waals surface area contributed by atoms with Gasteiger partial charge >= 0.3 is 5.97 Å². The standard InChI is InChI=1S/C33H34BrNO4.C4H10.C2H2/c1-5-6-21-38-27-15-13-26(14-16-27)31-29(24-11-17-28(18-12-24)39-23(2)3)22-35(32(31)33(36)37-4)20-19-25-9-7-8-10-30(25)34;1-3-4-2;1-2/h5,7-18,22-23H,1,6,19-21H2,2-4H3;3-4H2,1-2H3;1-2H. The number of aromatic nitrogens is 1. The highest BCUT2D eigenvalue weighted by Gasteiger charge is 2.25. The number of esters is 1. The van der Waals surface area contributed by atoms with Crippen molar-refractivity contribution in [1.29, 1.82) is 0 Å². The molecule has 0 unspecified atom stereocenters. The lowest BCUT2D eigenvalue weighted by molar-refractivity contribution is 0.0589. The average molecular weight is 673 g/mol. The first-order chi connectivity index (χ1) is 21.8. The maximum Gasteiger partial charge on any atom is 0.355 e. The first-order valence-corrected chi connectivity index (χ1v) is 16.1. The Morgan fingerprint density at radius 1 is 0.933 bits per heavy atom. The average Bonchev–Trinajstić information content (AvgIpc) is 3.45. The van der Waals surface area contributed by atoms with Crippen LogP contribution in [0.1, 0.15) is 63.0 Å². The van der Waals surface area contributed by atoms with Crippen molar-refractivity contribution in [2.75, 3.05) is 13.7 Å². The molecule has 0 saturated carbocycles. The van der Waals surface area contributed by atoms with Crippen LogP contribution in [0.5, 0.6) is 11.5 Å². The molecule has 0 aliphatic rings. The van der Waals surface area contributed by atoms with Crippen LogP contribution in [0.25, 0.3) is 22.3 Å². The van der Waals surface area contributed by atoms with Crippen LogP contribution in [0.15, 0.2) is 96.1 Å². The number of aryl methyl sites for hydroxylation is 2. The van der Waals surface area contributed by atoms with Crippen molar-refractivity contribution in [2.24, 2.45) is 0 Å². The third-order valence-electron chi connectivity index (χ3n) is 6.81. The summed E-state index contributed by atoms with van der Waals surface area (Å²) in [6, 6.07) is 24.0. The quantitative estimate of drug-likeness (QED) is 0.0614. The zero-order valence-corrected chi connectivity index (χ0v) is 28.8. The molecule has 3 aromatic carbocycles. The summed E-state index contributed by atoms with van der Waals surface area (Å²) in [4.78, 5) is 13.3. The SMILES string of the molecule is C#C.C=CCCOc1ccc(-c2c(-c3ccc(OC(C)C)cc3)cn(CCc3ccccc3Br)c2C(=O)OC)cc1.CCCC. The van der Waals surface area contributed by atoms with Crippen LogP contribution in [-0.2, 0) is 17.7 Å². The molecule has 0 aliphatic carbocycles. The van der Waals surface area contributed by atoms with Gasteiger partial charge in [-0.2, -0.15) is 0 Å². The molecule has 238 valence electrons. The number of benzene rings is 3. The van der Waals surface area contributed by atoms with E-state index in [0.717, 1.165) is 51.1 Å². The number of methoxy groups -OCH3 is 1. The Morgan fingerprint density at radius 3 is 2.09 bits per heavy atom. The van der Waals surface area contributed by atoms with E-state index in [9.17, 15) is 4.79 Å². The first kappa shape index (κ1) is 37.0. The van der Waals surface area contributed by atoms with E-state index in [1.807, 2.05) is 97.4 Å². The molecule has 0 radical (unpaired) electrons. The Balaban J connectivity index is 0.00000109. The second-order valence-electron chi connectivity index (χ2n) is 10.4. The summed E-state index contributed by atoms with van der Waals surface area (Å²) in [5.41, 5.74) is 5.34. The van der Waals surface area contributed by atoms with Gasteiger partial charge < -0.3 is 18.8 Å². The fourth-order valence-corrected chi connectivity index (χ4v) is 4.95. The second-order valence-corrected chi connectivity index (χ2v) is 11.3. The summed E-state index contributed by atoms with van der Waals surface area (Å²) in [6.07, 6.45) is 16.1. The van der Waals surface area contributed by atoms with Crippen molar-refractivity contribution in [1.82, 2.24) is 4.57 Å². The van der Waals surface area contributed by atoms with E-state index in [4.69, 9.17) is 14.2 Å². The predicted molar refractivity (Wildman–Crippen MR) is 191 cm³/mol. The topological polar surface area (TPSA) is 49.7 Å². The van der Waals surface area contributed by atoms with E-state index in [2.05, 4.69) is 55.3 Å². The van der Waals surface area contributed by atoms with Crippen LogP contribution in [0.4, 0.5) is 0 Å². The minimum atomic E-state index is -0.380. The molecule has 0 fully saturated rings. The van der Waals surface area contributed by atoms with E-state index < -0.39 is 0 Å². The summed E-state index contributed by atoms with van der Waals surface area (Å²) < 4.78 is 20.0. The maximum atomic E-state index is 13.3. The largest absolute Gasteiger partial charge is 0.493 e. The van der Waals surface area contributed by atoms with Crippen molar-refractivity contribution >= 4 is 21.9 Å². The molecule has 0 aliphatic heterocycles. The number of halogens is 1. The third kappa shape index (κ3) is 11.0. The predicted octanol–water partition coefficient (Wildman–Crippen LogP) is 10.4. The smallest absolute Gasteiger partial charge is 0.355 e. The lowest BCUT2D eigenvalue weighted by atomic mass is 9.96. The Bertz CT molecular complexity index is 1480. The van der Waals surface area contributed by atoms with Gasteiger partial charge in [0.25, 0.3) is 0 Å². The van der Waals surface area contributed by atoms with Gasteiger partial charge in [-0.3, -0.25) is 0 Å². The van der Waals surface area contributed by atoms with E-state index in [0.29, 0.717) is 18.8 Å². The van der Waals surface area contributed by atoms with Crippen LogP contribution in [0.3, 0.4) is 0 Å².